The van der Waals surface area contributed by atoms with Crippen LogP contribution in [0.25, 0.3) is 0 Å². The lowest BCUT2D eigenvalue weighted by Crippen LogP contribution is -2.23. The van der Waals surface area contributed by atoms with Crippen molar-refractivity contribution >= 4 is 15.7 Å². The van der Waals surface area contributed by atoms with E-state index in [-0.39, 0.29) is 11.7 Å². The second kappa shape index (κ2) is 7.42. The summed E-state index contributed by atoms with van der Waals surface area (Å²) >= 11 is 0. The monoisotopic (exact) mass is 331 g/mol. The molecule has 0 saturated carbocycles. The molecule has 0 bridgehead atoms. The van der Waals surface area contributed by atoms with E-state index in [9.17, 15) is 13.2 Å². The number of amides is 1. The van der Waals surface area contributed by atoms with E-state index in [2.05, 4.69) is 12.2 Å². The Morgan fingerprint density at radius 1 is 1.00 bits per heavy atom. The van der Waals surface area contributed by atoms with Gasteiger partial charge in [-0.25, -0.2) is 8.42 Å². The number of nitrogens with one attached hydrogen (secondary N) is 1. The minimum Gasteiger partial charge on any atom is -0.348 e. The van der Waals surface area contributed by atoms with Gasteiger partial charge in [-0.15, -0.1) is 0 Å². The second-order valence-corrected chi connectivity index (χ2v) is 7.76. The number of rotatable bonds is 6. The summed E-state index contributed by atoms with van der Waals surface area (Å²) in [6.45, 7) is 2.54. The Labute approximate surface area is 137 Å². The molecule has 0 saturated heterocycles. The van der Waals surface area contributed by atoms with Gasteiger partial charge in [0.2, 0.25) is 0 Å². The van der Waals surface area contributed by atoms with Gasteiger partial charge in [0.1, 0.15) is 0 Å². The maximum absolute atomic E-state index is 12.2. The molecule has 5 heteroatoms. The Hall–Kier alpha value is -2.14. The van der Waals surface area contributed by atoms with Gasteiger partial charge in [0.05, 0.1) is 5.75 Å². The van der Waals surface area contributed by atoms with Gasteiger partial charge in [0, 0.05) is 18.4 Å². The lowest BCUT2D eigenvalue weighted by Gasteiger charge is -2.07. The highest BCUT2D eigenvalue weighted by molar-refractivity contribution is 7.89. The zero-order chi connectivity index (χ0) is 16.9. The first-order valence-corrected chi connectivity index (χ1v) is 9.56. The maximum atomic E-state index is 12.2. The molecule has 2 aromatic carbocycles. The molecule has 0 radical (unpaired) electrons. The molecule has 0 fully saturated rings. The summed E-state index contributed by atoms with van der Waals surface area (Å²) in [5, 5.41) is 2.85. The van der Waals surface area contributed by atoms with Gasteiger partial charge in [-0.1, -0.05) is 43.3 Å². The molecule has 0 aliphatic carbocycles. The lowest BCUT2D eigenvalue weighted by atomic mass is 10.1. The van der Waals surface area contributed by atoms with Crippen molar-refractivity contribution in [3.8, 4) is 0 Å². The molecule has 122 valence electrons. The number of benzene rings is 2. The van der Waals surface area contributed by atoms with Crippen LogP contribution in [0.15, 0.2) is 48.5 Å². The van der Waals surface area contributed by atoms with Crippen LogP contribution in [-0.2, 0) is 28.6 Å². The standard InChI is InChI=1S/C18H21NO3S/c1-3-14-7-9-15(10-8-14)12-19-18(20)17-6-4-5-16(11-17)13-23(2,21)22/h4-11H,3,12-13H2,1-2H3,(H,19,20). The van der Waals surface area contributed by atoms with E-state index >= 15 is 0 Å². The number of hydrogen-bond donors (Lipinski definition) is 1. The molecular weight excluding hydrogens is 310 g/mol. The fourth-order valence-corrected chi connectivity index (χ4v) is 3.07. The molecule has 2 aromatic rings. The zero-order valence-electron chi connectivity index (χ0n) is 13.4. The highest BCUT2D eigenvalue weighted by atomic mass is 32.2. The summed E-state index contributed by atoms with van der Waals surface area (Å²) < 4.78 is 22.7. The number of carbonyl (C=O) groups excluding carboxylic acids is 1. The molecule has 0 atom stereocenters. The minimum absolute atomic E-state index is 0.0629. The first kappa shape index (κ1) is 17.2. The number of aryl methyl sites for hydroxylation is 1. The minimum atomic E-state index is -3.11. The van der Waals surface area contributed by atoms with Crippen LogP contribution in [0, 0.1) is 0 Å². The Bertz CT molecular complexity index is 780. The topological polar surface area (TPSA) is 63.2 Å². The third-order valence-electron chi connectivity index (χ3n) is 3.50. The molecular formula is C18H21NO3S. The molecule has 1 amide bonds. The van der Waals surface area contributed by atoms with Crippen molar-refractivity contribution < 1.29 is 13.2 Å². The molecule has 23 heavy (non-hydrogen) atoms. The smallest absolute Gasteiger partial charge is 0.251 e. The lowest BCUT2D eigenvalue weighted by molar-refractivity contribution is 0.0951. The van der Waals surface area contributed by atoms with Gasteiger partial charge < -0.3 is 5.32 Å². The van der Waals surface area contributed by atoms with Gasteiger partial charge in [0.25, 0.3) is 5.91 Å². The Morgan fingerprint density at radius 3 is 2.26 bits per heavy atom. The number of hydrogen-bond acceptors (Lipinski definition) is 3. The summed E-state index contributed by atoms with van der Waals surface area (Å²) in [5.41, 5.74) is 3.38. The van der Waals surface area contributed by atoms with Gasteiger partial charge in [-0.2, -0.15) is 0 Å². The van der Waals surface area contributed by atoms with Crippen LogP contribution in [0.1, 0.15) is 34.0 Å². The average molecular weight is 331 g/mol. The van der Waals surface area contributed by atoms with E-state index in [0.29, 0.717) is 17.7 Å². The second-order valence-electron chi connectivity index (χ2n) is 5.62. The van der Waals surface area contributed by atoms with Gasteiger partial charge >= 0.3 is 0 Å². The molecule has 0 aromatic heterocycles. The summed E-state index contributed by atoms with van der Waals surface area (Å²) in [7, 11) is -3.11. The quantitative estimate of drug-likeness (QED) is 0.885. The predicted octanol–water partition coefficient (Wildman–Crippen LogP) is 2.72. The van der Waals surface area contributed by atoms with E-state index < -0.39 is 9.84 Å². The van der Waals surface area contributed by atoms with Gasteiger partial charge in [-0.05, 0) is 35.2 Å². The molecule has 0 heterocycles. The molecule has 1 N–H and O–H groups in total. The van der Waals surface area contributed by atoms with Crippen LogP contribution in [0.2, 0.25) is 0 Å². The Balaban J connectivity index is 2.01. The Morgan fingerprint density at radius 2 is 1.65 bits per heavy atom. The van der Waals surface area contributed by atoms with E-state index in [1.165, 1.54) is 11.8 Å². The van der Waals surface area contributed by atoms with Crippen LogP contribution in [0.5, 0.6) is 0 Å². The van der Waals surface area contributed by atoms with Crippen LogP contribution >= 0.6 is 0 Å². The Kier molecular flexibility index (Phi) is 5.55. The third kappa shape index (κ3) is 5.53. The largest absolute Gasteiger partial charge is 0.348 e. The van der Waals surface area contributed by atoms with Crippen molar-refractivity contribution in [2.75, 3.05) is 6.26 Å². The van der Waals surface area contributed by atoms with Crippen molar-refractivity contribution in [1.29, 1.82) is 0 Å². The van der Waals surface area contributed by atoms with E-state index in [0.717, 1.165) is 12.0 Å². The summed E-state index contributed by atoms with van der Waals surface area (Å²) in [6, 6.07) is 14.8. The fraction of sp³-hybridized carbons (Fsp3) is 0.278. The zero-order valence-corrected chi connectivity index (χ0v) is 14.2. The van der Waals surface area contributed by atoms with Gasteiger partial charge in [-0.3, -0.25) is 4.79 Å². The van der Waals surface area contributed by atoms with Crippen molar-refractivity contribution in [1.82, 2.24) is 5.32 Å². The van der Waals surface area contributed by atoms with Crippen LogP contribution in [0.3, 0.4) is 0 Å². The average Bonchev–Trinajstić information content (AvgIpc) is 2.51. The molecule has 4 nitrogen and oxygen atoms in total. The molecule has 2 rings (SSSR count). The van der Waals surface area contributed by atoms with E-state index in [4.69, 9.17) is 0 Å². The van der Waals surface area contributed by atoms with Crippen molar-refractivity contribution in [3.63, 3.8) is 0 Å². The first-order chi connectivity index (χ1) is 10.9. The predicted molar refractivity (Wildman–Crippen MR) is 92.0 cm³/mol. The normalized spacial score (nSPS) is 11.2. The maximum Gasteiger partial charge on any atom is 0.251 e. The molecule has 0 unspecified atom stereocenters. The fourth-order valence-electron chi connectivity index (χ4n) is 2.28. The SMILES string of the molecule is CCc1ccc(CNC(=O)c2cccc(CS(C)(=O)=O)c2)cc1. The van der Waals surface area contributed by atoms with Crippen molar-refractivity contribution in [3.05, 3.63) is 70.8 Å². The van der Waals surface area contributed by atoms with Crippen LogP contribution in [-0.4, -0.2) is 20.6 Å². The third-order valence-corrected chi connectivity index (χ3v) is 4.36. The van der Waals surface area contributed by atoms with Crippen molar-refractivity contribution in [2.24, 2.45) is 0 Å². The molecule has 0 spiro atoms. The van der Waals surface area contributed by atoms with Crippen LogP contribution < -0.4 is 5.32 Å². The summed E-state index contributed by atoms with van der Waals surface area (Å²) in [6.07, 6.45) is 2.17. The van der Waals surface area contributed by atoms with Crippen molar-refractivity contribution in [2.45, 2.75) is 25.6 Å². The summed E-state index contributed by atoms with van der Waals surface area (Å²) in [4.78, 5) is 12.2. The number of sulfone groups is 1. The first-order valence-electron chi connectivity index (χ1n) is 7.50. The van der Waals surface area contributed by atoms with Crippen LogP contribution in [0.4, 0.5) is 0 Å². The van der Waals surface area contributed by atoms with Gasteiger partial charge in [0.15, 0.2) is 9.84 Å². The van der Waals surface area contributed by atoms with E-state index in [1.807, 2.05) is 24.3 Å². The molecule has 0 aliphatic rings. The highest BCUT2D eigenvalue weighted by Crippen LogP contribution is 2.10. The van der Waals surface area contributed by atoms with E-state index in [1.54, 1.807) is 24.3 Å². The number of carbonyl (C=O) groups is 1. The summed E-state index contributed by atoms with van der Waals surface area (Å²) in [5.74, 6) is -0.271. The molecule has 0 aliphatic heterocycles. The highest BCUT2D eigenvalue weighted by Gasteiger charge is 2.09.